The van der Waals surface area contributed by atoms with Crippen LogP contribution in [0.25, 0.3) is 0 Å². The Morgan fingerprint density at radius 3 is 2.28 bits per heavy atom. The molecule has 0 amide bonds. The van der Waals surface area contributed by atoms with E-state index in [1.54, 1.807) is 0 Å². The molecular formula is C13H21F3N2. The second kappa shape index (κ2) is 4.67. The zero-order valence-electron chi connectivity index (χ0n) is 10.5. The number of alkyl halides is 3. The van der Waals surface area contributed by atoms with E-state index in [0.29, 0.717) is 31.1 Å². The predicted molar refractivity (Wildman–Crippen MR) is 63.3 cm³/mol. The van der Waals surface area contributed by atoms with Crippen LogP contribution >= 0.6 is 0 Å². The van der Waals surface area contributed by atoms with Gasteiger partial charge in [-0.2, -0.15) is 13.2 Å². The molecule has 0 aliphatic carbocycles. The maximum atomic E-state index is 12.6. The van der Waals surface area contributed by atoms with Gasteiger partial charge in [0, 0.05) is 18.6 Å². The summed E-state index contributed by atoms with van der Waals surface area (Å²) < 4.78 is 37.7. The van der Waals surface area contributed by atoms with Gasteiger partial charge in [0.05, 0.1) is 5.92 Å². The van der Waals surface area contributed by atoms with Crippen molar-refractivity contribution in [3.63, 3.8) is 0 Å². The third-order valence-corrected chi connectivity index (χ3v) is 4.98. The van der Waals surface area contributed by atoms with Crippen molar-refractivity contribution in [3.05, 3.63) is 0 Å². The van der Waals surface area contributed by atoms with Crippen LogP contribution in [0.5, 0.6) is 0 Å². The molecule has 1 N–H and O–H groups in total. The van der Waals surface area contributed by atoms with E-state index in [1.165, 1.54) is 19.3 Å². The monoisotopic (exact) mass is 262 g/mol. The zero-order valence-corrected chi connectivity index (χ0v) is 10.5. The standard InChI is InChI=1S/C13H21F3N2/c14-13(15,16)10-3-5-18(6-4-10)8-9-7-11-1-2-12(9)17-11/h9-12,17H,1-8H2. The number of nitrogens with one attached hydrogen (secondary N) is 1. The van der Waals surface area contributed by atoms with Gasteiger partial charge in [0.1, 0.15) is 0 Å². The minimum Gasteiger partial charge on any atom is -0.311 e. The molecule has 2 bridgehead atoms. The summed E-state index contributed by atoms with van der Waals surface area (Å²) in [4.78, 5) is 2.25. The Kier molecular flexibility index (Phi) is 3.30. The first-order chi connectivity index (χ1) is 8.52. The Morgan fingerprint density at radius 2 is 1.78 bits per heavy atom. The molecule has 18 heavy (non-hydrogen) atoms. The summed E-state index contributed by atoms with van der Waals surface area (Å²) in [5, 5.41) is 3.59. The molecule has 3 aliphatic rings. The van der Waals surface area contributed by atoms with Crippen molar-refractivity contribution in [1.29, 1.82) is 0 Å². The lowest BCUT2D eigenvalue weighted by atomic mass is 9.87. The fourth-order valence-electron chi connectivity index (χ4n) is 3.91. The molecule has 0 aromatic rings. The largest absolute Gasteiger partial charge is 0.391 e. The molecule has 3 saturated heterocycles. The lowest BCUT2D eigenvalue weighted by Gasteiger charge is -2.35. The smallest absolute Gasteiger partial charge is 0.311 e. The van der Waals surface area contributed by atoms with Crippen molar-refractivity contribution in [2.75, 3.05) is 19.6 Å². The highest BCUT2D eigenvalue weighted by Crippen LogP contribution is 2.37. The molecule has 0 radical (unpaired) electrons. The van der Waals surface area contributed by atoms with Crippen molar-refractivity contribution < 1.29 is 13.2 Å². The van der Waals surface area contributed by atoms with Gasteiger partial charge >= 0.3 is 6.18 Å². The fourth-order valence-corrected chi connectivity index (χ4v) is 3.91. The molecule has 0 aromatic carbocycles. The first kappa shape index (κ1) is 12.7. The van der Waals surface area contributed by atoms with Crippen LogP contribution in [-0.4, -0.2) is 42.8 Å². The van der Waals surface area contributed by atoms with Crippen LogP contribution in [0.3, 0.4) is 0 Å². The number of nitrogens with zero attached hydrogens (tertiary/aromatic N) is 1. The second-order valence-corrected chi connectivity index (χ2v) is 6.16. The summed E-state index contributed by atoms with van der Waals surface area (Å²) in [5.74, 6) is -0.391. The average molecular weight is 262 g/mol. The minimum atomic E-state index is -3.99. The topological polar surface area (TPSA) is 15.3 Å². The van der Waals surface area contributed by atoms with E-state index in [9.17, 15) is 13.2 Å². The van der Waals surface area contributed by atoms with Crippen molar-refractivity contribution in [3.8, 4) is 0 Å². The van der Waals surface area contributed by atoms with Gasteiger partial charge in [-0.05, 0) is 51.1 Å². The average Bonchev–Trinajstić information content (AvgIpc) is 2.90. The Labute approximate surface area is 106 Å². The fraction of sp³-hybridized carbons (Fsp3) is 1.00. The predicted octanol–water partition coefficient (Wildman–Crippen LogP) is 2.40. The maximum absolute atomic E-state index is 12.6. The Hall–Kier alpha value is -0.290. The molecule has 5 heteroatoms. The molecule has 2 nitrogen and oxygen atoms in total. The SMILES string of the molecule is FC(F)(F)C1CCN(CC2CC3CCC2N3)CC1. The molecule has 3 heterocycles. The molecule has 0 spiro atoms. The number of piperidine rings is 1. The van der Waals surface area contributed by atoms with Crippen molar-refractivity contribution >= 4 is 0 Å². The molecule has 3 atom stereocenters. The summed E-state index contributed by atoms with van der Waals surface area (Å²) in [6, 6.07) is 1.32. The van der Waals surface area contributed by atoms with Gasteiger partial charge in [-0.25, -0.2) is 0 Å². The van der Waals surface area contributed by atoms with E-state index in [2.05, 4.69) is 10.2 Å². The first-order valence-electron chi connectivity index (χ1n) is 7.07. The van der Waals surface area contributed by atoms with Gasteiger partial charge in [0.25, 0.3) is 0 Å². The van der Waals surface area contributed by atoms with Crippen LogP contribution in [0, 0.1) is 11.8 Å². The quantitative estimate of drug-likeness (QED) is 0.822. The van der Waals surface area contributed by atoms with E-state index in [4.69, 9.17) is 0 Å². The van der Waals surface area contributed by atoms with Crippen LogP contribution in [-0.2, 0) is 0 Å². The molecule has 3 rings (SSSR count). The van der Waals surface area contributed by atoms with Gasteiger partial charge in [-0.3, -0.25) is 0 Å². The van der Waals surface area contributed by atoms with Gasteiger partial charge in [-0.15, -0.1) is 0 Å². The van der Waals surface area contributed by atoms with E-state index in [-0.39, 0.29) is 12.8 Å². The summed E-state index contributed by atoms with van der Waals surface area (Å²) in [6.07, 6.45) is 0.366. The van der Waals surface area contributed by atoms with E-state index in [0.717, 1.165) is 6.54 Å². The molecular weight excluding hydrogens is 241 g/mol. The number of fused-ring (bicyclic) bond motifs is 2. The van der Waals surface area contributed by atoms with Crippen LogP contribution in [0.1, 0.15) is 32.1 Å². The third-order valence-electron chi connectivity index (χ3n) is 4.98. The summed E-state index contributed by atoms with van der Waals surface area (Å²) >= 11 is 0. The van der Waals surface area contributed by atoms with E-state index in [1.807, 2.05) is 0 Å². The first-order valence-corrected chi connectivity index (χ1v) is 7.07. The van der Waals surface area contributed by atoms with Gasteiger partial charge in [-0.1, -0.05) is 0 Å². The minimum absolute atomic E-state index is 0.289. The number of hydrogen-bond donors (Lipinski definition) is 1. The number of halogens is 3. The molecule has 0 aromatic heterocycles. The highest BCUT2D eigenvalue weighted by molar-refractivity contribution is 4.98. The van der Waals surface area contributed by atoms with Crippen molar-refractivity contribution in [2.45, 2.75) is 50.4 Å². The van der Waals surface area contributed by atoms with E-state index >= 15 is 0 Å². The molecule has 3 unspecified atom stereocenters. The second-order valence-electron chi connectivity index (χ2n) is 6.16. The van der Waals surface area contributed by atoms with Gasteiger partial charge < -0.3 is 10.2 Å². The van der Waals surface area contributed by atoms with Gasteiger partial charge in [0.15, 0.2) is 0 Å². The summed E-state index contributed by atoms with van der Waals surface area (Å²) in [5.41, 5.74) is 0. The van der Waals surface area contributed by atoms with Crippen molar-refractivity contribution in [1.82, 2.24) is 10.2 Å². The Bertz CT molecular complexity index is 297. The lowest BCUT2D eigenvalue weighted by Crippen LogP contribution is -2.42. The van der Waals surface area contributed by atoms with Crippen LogP contribution in [0.15, 0.2) is 0 Å². The molecule has 0 saturated carbocycles. The van der Waals surface area contributed by atoms with Crippen LogP contribution < -0.4 is 5.32 Å². The lowest BCUT2D eigenvalue weighted by molar-refractivity contribution is -0.185. The summed E-state index contributed by atoms with van der Waals surface area (Å²) in [6.45, 7) is 2.24. The highest BCUT2D eigenvalue weighted by Gasteiger charge is 2.43. The molecule has 3 aliphatic heterocycles. The molecule has 104 valence electrons. The number of hydrogen-bond acceptors (Lipinski definition) is 2. The van der Waals surface area contributed by atoms with Gasteiger partial charge in [0.2, 0.25) is 0 Å². The highest BCUT2D eigenvalue weighted by atomic mass is 19.4. The Balaban J connectivity index is 1.46. The third kappa shape index (κ3) is 2.52. The normalized spacial score (nSPS) is 38.5. The Morgan fingerprint density at radius 1 is 1.06 bits per heavy atom. The van der Waals surface area contributed by atoms with Crippen LogP contribution in [0.2, 0.25) is 0 Å². The summed E-state index contributed by atoms with van der Waals surface area (Å²) in [7, 11) is 0. The van der Waals surface area contributed by atoms with Crippen molar-refractivity contribution in [2.24, 2.45) is 11.8 Å². The van der Waals surface area contributed by atoms with E-state index < -0.39 is 12.1 Å². The number of likely N-dealkylation sites (tertiary alicyclic amines) is 1. The van der Waals surface area contributed by atoms with Crippen LogP contribution in [0.4, 0.5) is 13.2 Å². The maximum Gasteiger partial charge on any atom is 0.391 e. The zero-order chi connectivity index (χ0) is 12.8. The number of rotatable bonds is 2. The molecule has 3 fully saturated rings.